The van der Waals surface area contributed by atoms with Gasteiger partial charge in [-0.3, -0.25) is 0 Å². The molecule has 90 valence electrons. The van der Waals surface area contributed by atoms with E-state index >= 15 is 0 Å². The maximum absolute atomic E-state index is 5.54. The molecule has 0 bridgehead atoms. The lowest BCUT2D eigenvalue weighted by Crippen LogP contribution is -2.37. The van der Waals surface area contributed by atoms with E-state index in [1.165, 1.54) is 12.8 Å². The first-order valence-electron chi connectivity index (χ1n) is 5.69. The van der Waals surface area contributed by atoms with E-state index in [4.69, 9.17) is 15.2 Å². The molecule has 0 heterocycles. The van der Waals surface area contributed by atoms with Crippen molar-refractivity contribution in [2.45, 2.75) is 25.4 Å². The Morgan fingerprint density at radius 1 is 1.40 bits per heavy atom. The van der Waals surface area contributed by atoms with E-state index < -0.39 is 0 Å². The van der Waals surface area contributed by atoms with Gasteiger partial charge in [0.2, 0.25) is 0 Å². The number of hydrogen-bond acceptors (Lipinski definition) is 4. The summed E-state index contributed by atoms with van der Waals surface area (Å²) in [7, 11) is 3.47. The summed E-state index contributed by atoms with van der Waals surface area (Å²) in [6.45, 7) is 3.36. The number of rotatable bonds is 9. The second-order valence-electron chi connectivity index (χ2n) is 4.47. The quantitative estimate of drug-likeness (QED) is 0.584. The zero-order chi connectivity index (χ0) is 11.1. The highest BCUT2D eigenvalue weighted by Gasteiger charge is 2.41. The van der Waals surface area contributed by atoms with Crippen molar-refractivity contribution in [3.05, 3.63) is 0 Å². The minimum absolute atomic E-state index is 0.142. The molecule has 0 radical (unpaired) electrons. The molecule has 4 heteroatoms. The summed E-state index contributed by atoms with van der Waals surface area (Å²) >= 11 is 0. The van der Waals surface area contributed by atoms with Gasteiger partial charge in [-0.25, -0.2) is 0 Å². The van der Waals surface area contributed by atoms with Crippen LogP contribution < -0.4 is 11.1 Å². The average Bonchev–Trinajstić information content (AvgIpc) is 3.02. The molecule has 3 N–H and O–H groups in total. The molecule has 0 aromatic heterocycles. The SMILES string of the molecule is COCCC1(CNCC(CN)OC)CC1. The third-order valence-corrected chi connectivity index (χ3v) is 3.26. The molecule has 1 atom stereocenters. The van der Waals surface area contributed by atoms with Crippen LogP contribution in [0.5, 0.6) is 0 Å². The van der Waals surface area contributed by atoms with Gasteiger partial charge in [0.1, 0.15) is 0 Å². The van der Waals surface area contributed by atoms with Gasteiger partial charge in [-0.05, 0) is 24.7 Å². The second kappa shape index (κ2) is 6.43. The fourth-order valence-corrected chi connectivity index (χ4v) is 1.77. The van der Waals surface area contributed by atoms with Crippen LogP contribution in [0.4, 0.5) is 0 Å². The Balaban J connectivity index is 2.08. The molecule has 1 rings (SSSR count). The van der Waals surface area contributed by atoms with E-state index in [9.17, 15) is 0 Å². The maximum atomic E-state index is 5.54. The standard InChI is InChI=1S/C11H24N2O2/c1-14-6-5-11(3-4-11)9-13-8-10(7-12)15-2/h10,13H,3-9,12H2,1-2H3. The van der Waals surface area contributed by atoms with Gasteiger partial charge < -0.3 is 20.5 Å². The van der Waals surface area contributed by atoms with Gasteiger partial charge in [0.05, 0.1) is 6.10 Å². The topological polar surface area (TPSA) is 56.5 Å². The Kier molecular flexibility index (Phi) is 5.53. The van der Waals surface area contributed by atoms with Crippen molar-refractivity contribution < 1.29 is 9.47 Å². The average molecular weight is 216 g/mol. The molecule has 1 fully saturated rings. The van der Waals surface area contributed by atoms with Crippen LogP contribution in [-0.4, -0.2) is 46.6 Å². The molecule has 0 aliphatic heterocycles. The van der Waals surface area contributed by atoms with Crippen LogP contribution in [0.3, 0.4) is 0 Å². The lowest BCUT2D eigenvalue weighted by Gasteiger charge is -2.18. The summed E-state index contributed by atoms with van der Waals surface area (Å²) in [5.74, 6) is 0. The minimum Gasteiger partial charge on any atom is -0.385 e. The van der Waals surface area contributed by atoms with Gasteiger partial charge in [0.25, 0.3) is 0 Å². The van der Waals surface area contributed by atoms with Gasteiger partial charge in [0, 0.05) is 40.5 Å². The van der Waals surface area contributed by atoms with Gasteiger partial charge >= 0.3 is 0 Å². The highest BCUT2D eigenvalue weighted by atomic mass is 16.5. The molecular weight excluding hydrogens is 192 g/mol. The van der Waals surface area contributed by atoms with Crippen LogP contribution in [0.2, 0.25) is 0 Å². The van der Waals surface area contributed by atoms with E-state index in [2.05, 4.69) is 5.32 Å². The molecule has 0 spiro atoms. The third kappa shape index (κ3) is 4.47. The van der Waals surface area contributed by atoms with E-state index in [0.29, 0.717) is 12.0 Å². The Labute approximate surface area is 92.5 Å². The summed E-state index contributed by atoms with van der Waals surface area (Å²) in [5.41, 5.74) is 6.05. The molecule has 0 aromatic carbocycles. The molecular formula is C11H24N2O2. The Hall–Kier alpha value is -0.160. The summed E-state index contributed by atoms with van der Waals surface area (Å²) in [6, 6.07) is 0. The van der Waals surface area contributed by atoms with E-state index in [-0.39, 0.29) is 6.10 Å². The summed E-state index contributed by atoms with van der Waals surface area (Å²) < 4.78 is 10.3. The largest absolute Gasteiger partial charge is 0.385 e. The van der Waals surface area contributed by atoms with Gasteiger partial charge in [-0.15, -0.1) is 0 Å². The van der Waals surface area contributed by atoms with Crippen molar-refractivity contribution in [1.82, 2.24) is 5.32 Å². The Morgan fingerprint density at radius 2 is 2.13 bits per heavy atom. The second-order valence-corrected chi connectivity index (χ2v) is 4.47. The molecule has 4 nitrogen and oxygen atoms in total. The van der Waals surface area contributed by atoms with Crippen molar-refractivity contribution in [2.75, 3.05) is 40.5 Å². The lowest BCUT2D eigenvalue weighted by molar-refractivity contribution is 0.106. The van der Waals surface area contributed by atoms with Gasteiger partial charge in [-0.1, -0.05) is 0 Å². The van der Waals surface area contributed by atoms with Crippen molar-refractivity contribution in [1.29, 1.82) is 0 Å². The summed E-state index contributed by atoms with van der Waals surface area (Å²) in [5, 5.41) is 3.44. The monoisotopic (exact) mass is 216 g/mol. The molecule has 0 amide bonds. The first-order chi connectivity index (χ1) is 7.26. The van der Waals surface area contributed by atoms with Crippen LogP contribution >= 0.6 is 0 Å². The predicted octanol–water partition coefficient (Wildman–Crippen LogP) is 0.366. The smallest absolute Gasteiger partial charge is 0.0817 e. The number of nitrogens with one attached hydrogen (secondary N) is 1. The van der Waals surface area contributed by atoms with Crippen molar-refractivity contribution >= 4 is 0 Å². The number of ether oxygens (including phenoxy) is 2. The zero-order valence-corrected chi connectivity index (χ0v) is 9.92. The number of hydrogen-bond donors (Lipinski definition) is 2. The highest BCUT2D eigenvalue weighted by Crippen LogP contribution is 2.48. The Morgan fingerprint density at radius 3 is 2.60 bits per heavy atom. The van der Waals surface area contributed by atoms with Crippen LogP contribution in [0, 0.1) is 5.41 Å². The highest BCUT2D eigenvalue weighted by molar-refractivity contribution is 4.94. The molecule has 0 aromatic rings. The van der Waals surface area contributed by atoms with Gasteiger partial charge in [0.15, 0.2) is 0 Å². The first-order valence-corrected chi connectivity index (χ1v) is 5.69. The van der Waals surface area contributed by atoms with Crippen LogP contribution in [0.15, 0.2) is 0 Å². The predicted molar refractivity (Wildman–Crippen MR) is 60.9 cm³/mol. The van der Waals surface area contributed by atoms with E-state index in [1.807, 2.05) is 0 Å². The van der Waals surface area contributed by atoms with Gasteiger partial charge in [-0.2, -0.15) is 0 Å². The van der Waals surface area contributed by atoms with Crippen LogP contribution in [0.25, 0.3) is 0 Å². The third-order valence-electron chi connectivity index (χ3n) is 3.26. The number of nitrogens with two attached hydrogens (primary N) is 1. The molecule has 15 heavy (non-hydrogen) atoms. The molecule has 1 aliphatic rings. The van der Waals surface area contributed by atoms with E-state index in [0.717, 1.165) is 26.1 Å². The van der Waals surface area contributed by atoms with Crippen molar-refractivity contribution in [3.63, 3.8) is 0 Å². The molecule has 1 aliphatic carbocycles. The fourth-order valence-electron chi connectivity index (χ4n) is 1.77. The van der Waals surface area contributed by atoms with Crippen LogP contribution in [-0.2, 0) is 9.47 Å². The lowest BCUT2D eigenvalue weighted by atomic mass is 10.0. The molecule has 1 saturated carbocycles. The van der Waals surface area contributed by atoms with Crippen LogP contribution in [0.1, 0.15) is 19.3 Å². The Bertz CT molecular complexity index is 168. The normalized spacial score (nSPS) is 20.2. The minimum atomic E-state index is 0.142. The summed E-state index contributed by atoms with van der Waals surface area (Å²) in [4.78, 5) is 0. The zero-order valence-electron chi connectivity index (χ0n) is 9.92. The van der Waals surface area contributed by atoms with Crippen molar-refractivity contribution in [2.24, 2.45) is 11.1 Å². The number of methoxy groups -OCH3 is 2. The van der Waals surface area contributed by atoms with E-state index in [1.54, 1.807) is 14.2 Å². The maximum Gasteiger partial charge on any atom is 0.0817 e. The summed E-state index contributed by atoms with van der Waals surface area (Å²) in [6.07, 6.45) is 3.95. The molecule has 1 unspecified atom stereocenters. The molecule has 0 saturated heterocycles. The fraction of sp³-hybridized carbons (Fsp3) is 1.00. The van der Waals surface area contributed by atoms with Crippen molar-refractivity contribution in [3.8, 4) is 0 Å². The first kappa shape index (κ1) is 12.9.